The normalized spacial score (nSPS) is 28.6. The number of aliphatic hydroxyl groups excluding tert-OH is 2. The molecule has 0 spiro atoms. The maximum Gasteiger partial charge on any atom is 0.0468 e. The predicted molar refractivity (Wildman–Crippen MR) is 90.3 cm³/mol. The summed E-state index contributed by atoms with van der Waals surface area (Å²) in [4.78, 5) is 3.27. The van der Waals surface area contributed by atoms with Gasteiger partial charge in [-0.2, -0.15) is 0 Å². The number of H-pyrrole nitrogens is 1. The van der Waals surface area contributed by atoms with Crippen LogP contribution < -0.4 is 0 Å². The Kier molecular flexibility index (Phi) is 4.46. The molecule has 3 nitrogen and oxygen atoms in total. The summed E-state index contributed by atoms with van der Waals surface area (Å²) in [6.45, 7) is 4.09. The first-order valence-electron chi connectivity index (χ1n) is 7.87. The van der Waals surface area contributed by atoms with Crippen LogP contribution >= 0.6 is 0 Å². The zero-order valence-corrected chi connectivity index (χ0v) is 12.7. The van der Waals surface area contributed by atoms with Crippen molar-refractivity contribution < 1.29 is 10.2 Å². The summed E-state index contributed by atoms with van der Waals surface area (Å²) in [5, 5.41) is 20.5. The molecule has 116 valence electrons. The van der Waals surface area contributed by atoms with Gasteiger partial charge in [-0.05, 0) is 41.7 Å². The molecule has 3 heteroatoms. The highest BCUT2D eigenvalue weighted by Gasteiger charge is 2.39. The van der Waals surface area contributed by atoms with Gasteiger partial charge < -0.3 is 15.2 Å². The number of rotatable bonds is 5. The molecule has 22 heavy (non-hydrogen) atoms. The van der Waals surface area contributed by atoms with Crippen molar-refractivity contribution in [3.63, 3.8) is 0 Å². The van der Waals surface area contributed by atoms with E-state index in [0.717, 1.165) is 17.5 Å². The van der Waals surface area contributed by atoms with Crippen molar-refractivity contribution in [2.45, 2.75) is 6.42 Å². The first kappa shape index (κ1) is 15.1. The number of allylic oxidation sites excluding steroid dienone is 2. The van der Waals surface area contributed by atoms with Gasteiger partial charge in [0.1, 0.15) is 0 Å². The maximum absolute atomic E-state index is 9.69. The van der Waals surface area contributed by atoms with Crippen LogP contribution in [0.5, 0.6) is 0 Å². The lowest BCUT2D eigenvalue weighted by Gasteiger charge is -2.20. The Morgan fingerprint density at radius 2 is 1.86 bits per heavy atom. The second-order valence-corrected chi connectivity index (χ2v) is 6.14. The first-order valence-corrected chi connectivity index (χ1v) is 7.87. The number of aromatic amines is 1. The molecule has 0 radical (unpaired) electrons. The molecular formula is C19H23NO2. The number of fused-ring (bicyclic) bond motifs is 1. The number of benzene rings is 1. The largest absolute Gasteiger partial charge is 0.396 e. The molecule has 3 N–H and O–H groups in total. The van der Waals surface area contributed by atoms with E-state index in [1.165, 1.54) is 5.39 Å². The van der Waals surface area contributed by atoms with Gasteiger partial charge in [-0.1, -0.05) is 36.4 Å². The second kappa shape index (κ2) is 6.51. The lowest BCUT2D eigenvalue weighted by Crippen LogP contribution is -2.23. The average molecular weight is 297 g/mol. The molecule has 2 aromatic rings. The monoisotopic (exact) mass is 297 g/mol. The van der Waals surface area contributed by atoms with Crippen molar-refractivity contribution in [2.75, 3.05) is 13.2 Å². The highest BCUT2D eigenvalue weighted by molar-refractivity contribution is 5.88. The third kappa shape index (κ3) is 2.62. The summed E-state index contributed by atoms with van der Waals surface area (Å²) in [6.07, 6.45) is 9.19. The SMILES string of the molecule is C=C[C@@H]1C[C@H](/C=C\c2c[nH]c3ccccc23)[C@@H](CO)[C@H]1CO. The van der Waals surface area contributed by atoms with Gasteiger partial charge in [0, 0.05) is 30.3 Å². The Labute approximate surface area is 131 Å². The third-order valence-corrected chi connectivity index (χ3v) is 5.06. The van der Waals surface area contributed by atoms with E-state index < -0.39 is 0 Å². The summed E-state index contributed by atoms with van der Waals surface area (Å²) in [7, 11) is 0. The standard InChI is InChI=1S/C19H23NO2/c1-2-13-9-14(18(12-22)17(13)11-21)7-8-15-10-20-19-6-4-3-5-16(15)19/h2-8,10,13-14,17-18,20-22H,1,9,11-12H2/b8-7-/t13-,14+,17+,18-/m1/s1. The fourth-order valence-corrected chi connectivity index (χ4v) is 3.79. The number of nitrogens with one attached hydrogen (secondary N) is 1. The highest BCUT2D eigenvalue weighted by Crippen LogP contribution is 2.42. The Hall–Kier alpha value is -1.84. The van der Waals surface area contributed by atoms with E-state index in [9.17, 15) is 10.2 Å². The molecule has 0 amide bonds. The maximum atomic E-state index is 9.69. The van der Waals surface area contributed by atoms with Crippen molar-refractivity contribution in [1.82, 2.24) is 4.98 Å². The molecule has 0 aliphatic heterocycles. The van der Waals surface area contributed by atoms with Crippen LogP contribution in [-0.4, -0.2) is 28.4 Å². The molecule has 4 atom stereocenters. The number of para-hydroxylation sites is 1. The van der Waals surface area contributed by atoms with Gasteiger partial charge in [-0.25, -0.2) is 0 Å². The van der Waals surface area contributed by atoms with E-state index in [-0.39, 0.29) is 36.9 Å². The van der Waals surface area contributed by atoms with Crippen molar-refractivity contribution >= 4 is 17.0 Å². The molecule has 3 rings (SSSR count). The van der Waals surface area contributed by atoms with Gasteiger partial charge in [0.15, 0.2) is 0 Å². The molecule has 1 fully saturated rings. The Balaban J connectivity index is 1.84. The molecule has 1 saturated carbocycles. The number of hydrogen-bond acceptors (Lipinski definition) is 2. The lowest BCUT2D eigenvalue weighted by molar-refractivity contribution is 0.118. The average Bonchev–Trinajstić information content (AvgIpc) is 3.13. The quantitative estimate of drug-likeness (QED) is 0.742. The van der Waals surface area contributed by atoms with Crippen molar-refractivity contribution in [3.05, 3.63) is 54.8 Å². The van der Waals surface area contributed by atoms with E-state index in [4.69, 9.17) is 0 Å². The Morgan fingerprint density at radius 1 is 1.14 bits per heavy atom. The summed E-state index contributed by atoms with van der Waals surface area (Å²) in [6, 6.07) is 8.22. The van der Waals surface area contributed by atoms with Crippen LogP contribution in [0.15, 0.2) is 49.2 Å². The third-order valence-electron chi connectivity index (χ3n) is 5.06. The molecule has 1 aliphatic rings. The van der Waals surface area contributed by atoms with Crippen molar-refractivity contribution in [3.8, 4) is 0 Å². The molecule has 1 heterocycles. The summed E-state index contributed by atoms with van der Waals surface area (Å²) in [5.74, 6) is 0.771. The molecule has 1 aromatic heterocycles. The first-order chi connectivity index (χ1) is 10.8. The smallest absolute Gasteiger partial charge is 0.0468 e. The van der Waals surface area contributed by atoms with E-state index in [1.807, 2.05) is 24.4 Å². The zero-order valence-electron chi connectivity index (χ0n) is 12.7. The minimum absolute atomic E-state index is 0.106. The highest BCUT2D eigenvalue weighted by atomic mass is 16.3. The van der Waals surface area contributed by atoms with E-state index in [1.54, 1.807) is 0 Å². The Bertz CT molecular complexity index is 673. The fraction of sp³-hybridized carbons (Fsp3) is 0.368. The van der Waals surface area contributed by atoms with Gasteiger partial charge in [0.05, 0.1) is 0 Å². The Morgan fingerprint density at radius 3 is 2.59 bits per heavy atom. The number of aromatic nitrogens is 1. The van der Waals surface area contributed by atoms with Crippen LogP contribution in [0.2, 0.25) is 0 Å². The predicted octanol–water partition coefficient (Wildman–Crippen LogP) is 3.22. The van der Waals surface area contributed by atoms with E-state index in [2.05, 4.69) is 35.8 Å². The molecule has 1 aliphatic carbocycles. The van der Waals surface area contributed by atoms with Gasteiger partial charge in [0.25, 0.3) is 0 Å². The molecule has 0 unspecified atom stereocenters. The summed E-state index contributed by atoms with van der Waals surface area (Å²) < 4.78 is 0. The van der Waals surface area contributed by atoms with Gasteiger partial charge in [-0.3, -0.25) is 0 Å². The van der Waals surface area contributed by atoms with E-state index in [0.29, 0.717) is 0 Å². The second-order valence-electron chi connectivity index (χ2n) is 6.14. The van der Waals surface area contributed by atoms with Gasteiger partial charge in [-0.15, -0.1) is 6.58 Å². The van der Waals surface area contributed by atoms with Crippen molar-refractivity contribution in [2.24, 2.45) is 23.7 Å². The van der Waals surface area contributed by atoms with Gasteiger partial charge in [0.2, 0.25) is 0 Å². The van der Waals surface area contributed by atoms with Crippen LogP contribution in [0, 0.1) is 23.7 Å². The fourth-order valence-electron chi connectivity index (χ4n) is 3.79. The van der Waals surface area contributed by atoms with Crippen LogP contribution in [0.25, 0.3) is 17.0 Å². The van der Waals surface area contributed by atoms with Crippen LogP contribution in [-0.2, 0) is 0 Å². The summed E-state index contributed by atoms with van der Waals surface area (Å²) >= 11 is 0. The topological polar surface area (TPSA) is 56.2 Å². The van der Waals surface area contributed by atoms with Crippen LogP contribution in [0.1, 0.15) is 12.0 Å². The van der Waals surface area contributed by atoms with E-state index >= 15 is 0 Å². The van der Waals surface area contributed by atoms with Crippen LogP contribution in [0.4, 0.5) is 0 Å². The number of aliphatic hydroxyl groups is 2. The van der Waals surface area contributed by atoms with Crippen LogP contribution in [0.3, 0.4) is 0 Å². The minimum atomic E-state index is 0.106. The van der Waals surface area contributed by atoms with Gasteiger partial charge >= 0.3 is 0 Å². The molecule has 1 aromatic carbocycles. The zero-order chi connectivity index (χ0) is 15.5. The minimum Gasteiger partial charge on any atom is -0.396 e. The number of hydrogen-bond donors (Lipinski definition) is 3. The molecule has 0 bridgehead atoms. The van der Waals surface area contributed by atoms with Crippen molar-refractivity contribution in [1.29, 1.82) is 0 Å². The lowest BCUT2D eigenvalue weighted by atomic mass is 9.88. The molecular weight excluding hydrogens is 274 g/mol. The molecule has 0 saturated heterocycles. The summed E-state index contributed by atoms with van der Waals surface area (Å²) in [5.41, 5.74) is 2.29.